The number of likely N-dealkylation sites (N-methyl/N-ethyl adjacent to an activating group) is 2. The van der Waals surface area contributed by atoms with E-state index in [0.717, 1.165) is 39.2 Å². The van der Waals surface area contributed by atoms with Crippen LogP contribution in [0.15, 0.2) is 47.5 Å². The van der Waals surface area contributed by atoms with E-state index in [1.54, 1.807) is 19.2 Å². The number of aryl methyl sites for hydroxylation is 2. The summed E-state index contributed by atoms with van der Waals surface area (Å²) in [5, 5.41) is 2.91. The van der Waals surface area contributed by atoms with Gasteiger partial charge in [0.2, 0.25) is 0 Å². The Labute approximate surface area is 248 Å². The van der Waals surface area contributed by atoms with Crippen molar-refractivity contribution in [3.05, 3.63) is 86.7 Å². The Balaban J connectivity index is 1.73. The van der Waals surface area contributed by atoms with Crippen molar-refractivity contribution < 1.29 is 18.0 Å². The highest BCUT2D eigenvalue weighted by molar-refractivity contribution is 5.98. The lowest BCUT2D eigenvalue weighted by molar-refractivity contribution is -0.143. The first kappa shape index (κ1) is 31.8. The van der Waals surface area contributed by atoms with E-state index in [1.165, 1.54) is 11.9 Å². The Morgan fingerprint density at radius 3 is 2.49 bits per heavy atom. The summed E-state index contributed by atoms with van der Waals surface area (Å²) in [5.74, 6) is 0.0407. The van der Waals surface area contributed by atoms with E-state index in [4.69, 9.17) is 5.73 Å². The number of aromatic nitrogens is 3. The molecule has 0 aliphatic carbocycles. The fourth-order valence-electron chi connectivity index (χ4n) is 5.41. The summed E-state index contributed by atoms with van der Waals surface area (Å²) < 4.78 is 40.6. The molecule has 1 amide bonds. The van der Waals surface area contributed by atoms with E-state index in [9.17, 15) is 22.8 Å². The van der Waals surface area contributed by atoms with Crippen molar-refractivity contribution in [3.63, 3.8) is 0 Å². The fraction of sp³-hybridized carbons (Fsp3) is 0.387. The van der Waals surface area contributed by atoms with Crippen LogP contribution in [0.25, 0.3) is 16.6 Å². The maximum atomic E-state index is 13.7. The molecule has 230 valence electrons. The highest BCUT2D eigenvalue weighted by Crippen LogP contribution is 2.33. The number of hydrogen-bond donors (Lipinski definition) is 3. The monoisotopic (exact) mass is 597 g/mol. The quantitative estimate of drug-likeness (QED) is 0.246. The summed E-state index contributed by atoms with van der Waals surface area (Å²) in [4.78, 5) is 36.4. The third-order valence-electron chi connectivity index (χ3n) is 7.86. The first-order valence-electron chi connectivity index (χ1n) is 14.0. The molecule has 4 heterocycles. The van der Waals surface area contributed by atoms with Crippen molar-refractivity contribution in [1.29, 1.82) is 0 Å². The lowest BCUT2D eigenvalue weighted by atomic mass is 9.99. The molecule has 4 aromatic heterocycles. The van der Waals surface area contributed by atoms with E-state index in [1.807, 2.05) is 67.6 Å². The number of nitrogens with zero attached hydrogens (tertiary/aromatic N) is 4. The molecule has 4 aromatic rings. The van der Waals surface area contributed by atoms with Crippen LogP contribution in [-0.2, 0) is 6.54 Å². The number of carbonyl (C=O) groups is 1. The van der Waals surface area contributed by atoms with E-state index >= 15 is 0 Å². The first-order chi connectivity index (χ1) is 20.2. The van der Waals surface area contributed by atoms with Gasteiger partial charge in [-0.05, 0) is 83.2 Å². The van der Waals surface area contributed by atoms with Gasteiger partial charge in [0.25, 0.3) is 11.5 Å². The lowest BCUT2D eigenvalue weighted by Crippen LogP contribution is -2.37. The third kappa shape index (κ3) is 7.26. The molecular formula is C31H38F3N7O2. The number of halogens is 3. The van der Waals surface area contributed by atoms with Crippen LogP contribution in [0.1, 0.15) is 51.4 Å². The van der Waals surface area contributed by atoms with Crippen LogP contribution >= 0.6 is 0 Å². The number of rotatable bonds is 10. The number of aromatic amines is 1. The van der Waals surface area contributed by atoms with Gasteiger partial charge < -0.3 is 20.4 Å². The van der Waals surface area contributed by atoms with Crippen molar-refractivity contribution in [2.24, 2.45) is 0 Å². The molecule has 1 atom stereocenters. The van der Waals surface area contributed by atoms with E-state index in [-0.39, 0.29) is 30.6 Å². The standard InChI is InChI=1S/C31H38F3N7O2/c1-18-13-19(2)38-30(43)25(18)16-37-29(42)24-14-26-23(22-7-8-27(35)36-15-22)9-10-41(26)28(20(24)3)21(4)40(6)12-11-39(5)17-31(32,33)34/h7-10,13-15,21H,11-12,16-17H2,1-6H3,(H2,35,36)(H,37,42)(H,38,43). The predicted molar refractivity (Wildman–Crippen MR) is 162 cm³/mol. The summed E-state index contributed by atoms with van der Waals surface area (Å²) in [7, 11) is 3.30. The third-order valence-corrected chi connectivity index (χ3v) is 7.86. The van der Waals surface area contributed by atoms with Gasteiger partial charge in [-0.15, -0.1) is 0 Å². The molecule has 0 bridgehead atoms. The molecular weight excluding hydrogens is 559 g/mol. The van der Waals surface area contributed by atoms with Crippen molar-refractivity contribution in [3.8, 4) is 11.1 Å². The molecule has 0 saturated heterocycles. The molecule has 4 N–H and O–H groups in total. The van der Waals surface area contributed by atoms with E-state index < -0.39 is 12.7 Å². The molecule has 0 aliphatic heterocycles. The zero-order valence-electron chi connectivity index (χ0n) is 25.3. The van der Waals surface area contributed by atoms with Gasteiger partial charge >= 0.3 is 6.18 Å². The zero-order valence-corrected chi connectivity index (χ0v) is 25.3. The molecule has 12 heteroatoms. The number of amides is 1. The predicted octanol–water partition coefficient (Wildman–Crippen LogP) is 4.61. The number of hydrogen-bond acceptors (Lipinski definition) is 6. The number of fused-ring (bicyclic) bond motifs is 1. The molecule has 43 heavy (non-hydrogen) atoms. The second-order valence-corrected chi connectivity index (χ2v) is 11.2. The summed E-state index contributed by atoms with van der Waals surface area (Å²) in [5.41, 5.74) is 11.9. The molecule has 1 unspecified atom stereocenters. The maximum Gasteiger partial charge on any atom is 0.401 e. The van der Waals surface area contributed by atoms with Crippen LogP contribution in [0.2, 0.25) is 0 Å². The second kappa shape index (κ2) is 12.6. The number of nitrogens with one attached hydrogen (secondary N) is 2. The van der Waals surface area contributed by atoms with Gasteiger partial charge in [-0.3, -0.25) is 19.4 Å². The maximum absolute atomic E-state index is 13.7. The summed E-state index contributed by atoms with van der Waals surface area (Å²) in [6.07, 6.45) is -0.688. The van der Waals surface area contributed by atoms with Crippen LogP contribution in [0, 0.1) is 20.8 Å². The number of carbonyl (C=O) groups excluding carboxylic acids is 1. The van der Waals surface area contributed by atoms with Gasteiger partial charge in [0.05, 0.1) is 12.1 Å². The van der Waals surface area contributed by atoms with Crippen molar-refractivity contribution in [2.75, 3.05) is 39.5 Å². The molecule has 0 aliphatic rings. The van der Waals surface area contributed by atoms with Gasteiger partial charge in [0, 0.05) is 71.7 Å². The summed E-state index contributed by atoms with van der Waals surface area (Å²) >= 11 is 0. The average molecular weight is 598 g/mol. The van der Waals surface area contributed by atoms with Crippen LogP contribution < -0.4 is 16.6 Å². The Hall–Kier alpha value is -4.16. The minimum atomic E-state index is -4.27. The van der Waals surface area contributed by atoms with Gasteiger partial charge in [0.1, 0.15) is 5.82 Å². The smallest absolute Gasteiger partial charge is 0.384 e. The molecule has 0 fully saturated rings. The SMILES string of the molecule is Cc1cc(C)c(CNC(=O)c2cc3c(-c4ccc(N)nc4)ccn3c(C(C)N(C)CCN(C)CC(F)(F)F)c2C)c(=O)[nH]1. The van der Waals surface area contributed by atoms with Crippen LogP contribution in [0.4, 0.5) is 19.0 Å². The van der Waals surface area contributed by atoms with Gasteiger partial charge in [-0.2, -0.15) is 13.2 Å². The van der Waals surface area contributed by atoms with Crippen molar-refractivity contribution >= 4 is 17.2 Å². The van der Waals surface area contributed by atoms with Crippen LogP contribution in [0.3, 0.4) is 0 Å². The zero-order chi connectivity index (χ0) is 31.6. The van der Waals surface area contributed by atoms with Crippen molar-refractivity contribution in [2.45, 2.75) is 46.5 Å². The highest BCUT2D eigenvalue weighted by Gasteiger charge is 2.29. The highest BCUT2D eigenvalue weighted by atomic mass is 19.4. The topological polar surface area (TPSA) is 112 Å². The van der Waals surface area contributed by atoms with E-state index in [0.29, 0.717) is 23.5 Å². The number of pyridine rings is 3. The molecule has 0 aromatic carbocycles. The summed E-state index contributed by atoms with van der Waals surface area (Å²) in [6.45, 7) is 7.10. The van der Waals surface area contributed by atoms with E-state index in [2.05, 4.69) is 15.3 Å². The fourth-order valence-corrected chi connectivity index (χ4v) is 5.41. The molecule has 0 saturated carbocycles. The first-order valence-corrected chi connectivity index (χ1v) is 14.0. The minimum Gasteiger partial charge on any atom is -0.384 e. The molecule has 4 rings (SSSR count). The minimum absolute atomic E-state index is 0.0526. The number of H-pyrrole nitrogens is 1. The van der Waals surface area contributed by atoms with Gasteiger partial charge in [-0.1, -0.05) is 0 Å². The summed E-state index contributed by atoms with van der Waals surface area (Å²) in [6, 6.07) is 8.91. The number of nitrogen functional groups attached to an aromatic ring is 1. The van der Waals surface area contributed by atoms with Gasteiger partial charge in [-0.25, -0.2) is 4.98 Å². The molecule has 0 spiro atoms. The van der Waals surface area contributed by atoms with Gasteiger partial charge in [0.15, 0.2) is 0 Å². The van der Waals surface area contributed by atoms with Crippen LogP contribution in [0.5, 0.6) is 0 Å². The number of alkyl halides is 3. The normalized spacial score (nSPS) is 12.8. The Bertz CT molecular complexity index is 1680. The average Bonchev–Trinajstić information content (AvgIpc) is 3.33. The Morgan fingerprint density at radius 2 is 1.86 bits per heavy atom. The Morgan fingerprint density at radius 1 is 1.14 bits per heavy atom. The molecule has 0 radical (unpaired) electrons. The van der Waals surface area contributed by atoms with Crippen LogP contribution in [-0.4, -0.2) is 70.0 Å². The molecule has 9 nitrogen and oxygen atoms in total. The second-order valence-electron chi connectivity index (χ2n) is 11.2. The lowest BCUT2D eigenvalue weighted by Gasteiger charge is -2.30. The number of nitrogens with two attached hydrogens (primary N) is 1. The largest absolute Gasteiger partial charge is 0.401 e. The van der Waals surface area contributed by atoms with Crippen molar-refractivity contribution in [1.82, 2.24) is 29.5 Å². The Kier molecular flexibility index (Phi) is 9.31. The number of anilines is 1.